The summed E-state index contributed by atoms with van der Waals surface area (Å²) in [6.07, 6.45) is 0.675. The minimum absolute atomic E-state index is 0.100. The highest BCUT2D eigenvalue weighted by molar-refractivity contribution is 7.80. The molecule has 2 heterocycles. The topological polar surface area (TPSA) is 94.7 Å². The Morgan fingerprint density at radius 2 is 1.66 bits per heavy atom. The summed E-state index contributed by atoms with van der Waals surface area (Å²) in [6.45, 7) is 8.25. The molecule has 10 nitrogen and oxygen atoms in total. The van der Waals surface area contributed by atoms with Gasteiger partial charge in [0.1, 0.15) is 11.8 Å². The normalized spacial score (nSPS) is 17.2. The Bertz CT molecular complexity index is 1570. The minimum atomic E-state index is -0.787. The maximum atomic E-state index is 13.9. The lowest BCUT2D eigenvalue weighted by atomic mass is 10.1. The number of halogens is 1. The Morgan fingerprint density at radius 1 is 0.957 bits per heavy atom. The first-order valence-electron chi connectivity index (χ1n) is 15.8. The fourth-order valence-corrected chi connectivity index (χ4v) is 6.55. The average molecular weight is 678 g/mol. The second-order valence-corrected chi connectivity index (χ2v) is 12.3. The number of nitrogens with one attached hydrogen (secondary N) is 1. The van der Waals surface area contributed by atoms with Gasteiger partial charge in [0.15, 0.2) is 5.11 Å². The zero-order chi connectivity index (χ0) is 33.3. The Morgan fingerprint density at radius 3 is 2.32 bits per heavy atom. The van der Waals surface area contributed by atoms with Crippen LogP contribution in [0.15, 0.2) is 72.8 Å². The van der Waals surface area contributed by atoms with Gasteiger partial charge in [-0.25, -0.2) is 4.79 Å². The molecule has 3 aromatic rings. The van der Waals surface area contributed by atoms with Gasteiger partial charge < -0.3 is 24.6 Å². The molecular weight excluding hydrogens is 638 g/mol. The molecule has 0 radical (unpaired) electrons. The van der Waals surface area contributed by atoms with Crippen molar-refractivity contribution < 1.29 is 23.9 Å². The van der Waals surface area contributed by atoms with Crippen molar-refractivity contribution in [1.82, 2.24) is 14.7 Å². The van der Waals surface area contributed by atoms with Gasteiger partial charge in [0.2, 0.25) is 5.91 Å². The van der Waals surface area contributed by atoms with Crippen LogP contribution in [0.5, 0.6) is 5.75 Å². The van der Waals surface area contributed by atoms with Crippen molar-refractivity contribution in [2.75, 3.05) is 63.2 Å². The molecule has 1 N–H and O–H groups in total. The molecule has 12 heteroatoms. The summed E-state index contributed by atoms with van der Waals surface area (Å²) in [5, 5.41) is 3.54. The molecule has 0 unspecified atom stereocenters. The monoisotopic (exact) mass is 677 g/mol. The van der Waals surface area contributed by atoms with Crippen LogP contribution in [0.25, 0.3) is 0 Å². The molecule has 3 aromatic carbocycles. The van der Waals surface area contributed by atoms with Crippen molar-refractivity contribution in [2.24, 2.45) is 0 Å². The predicted octanol–water partition coefficient (Wildman–Crippen LogP) is 5.06. The quantitative estimate of drug-likeness (QED) is 0.197. The number of hydrogen-bond donors (Lipinski definition) is 1. The number of carbonyl (C=O) groups excluding carboxylic acids is 3. The van der Waals surface area contributed by atoms with E-state index in [2.05, 4.69) is 39.4 Å². The van der Waals surface area contributed by atoms with Crippen molar-refractivity contribution in [1.29, 1.82) is 0 Å². The van der Waals surface area contributed by atoms with Crippen LogP contribution in [0.4, 0.5) is 11.4 Å². The molecule has 2 saturated heterocycles. The van der Waals surface area contributed by atoms with Gasteiger partial charge in [-0.15, -0.1) is 0 Å². The van der Waals surface area contributed by atoms with Gasteiger partial charge in [0, 0.05) is 45.0 Å². The highest BCUT2D eigenvalue weighted by atomic mass is 35.5. The van der Waals surface area contributed by atoms with Crippen LogP contribution in [-0.4, -0.2) is 96.6 Å². The first-order valence-corrected chi connectivity index (χ1v) is 16.6. The van der Waals surface area contributed by atoms with E-state index < -0.39 is 12.0 Å². The van der Waals surface area contributed by atoms with Crippen molar-refractivity contribution in [3.63, 3.8) is 0 Å². The van der Waals surface area contributed by atoms with Crippen LogP contribution < -0.4 is 15.0 Å². The first-order chi connectivity index (χ1) is 22.8. The Labute approximate surface area is 286 Å². The highest BCUT2D eigenvalue weighted by Crippen LogP contribution is 2.33. The van der Waals surface area contributed by atoms with Gasteiger partial charge in [-0.1, -0.05) is 41.9 Å². The van der Waals surface area contributed by atoms with Gasteiger partial charge in [-0.2, -0.15) is 0 Å². The van der Waals surface area contributed by atoms with Crippen LogP contribution in [-0.2, 0) is 20.9 Å². The molecular formula is C35H40ClN5O5S. The number of piperazine rings is 1. The molecule has 248 valence electrons. The van der Waals surface area contributed by atoms with Gasteiger partial charge in [-0.05, 0) is 80.1 Å². The molecule has 0 aromatic heterocycles. The molecule has 5 rings (SSSR count). The van der Waals surface area contributed by atoms with E-state index >= 15 is 0 Å². The summed E-state index contributed by atoms with van der Waals surface area (Å²) in [5.74, 6) is -0.583. The number of methoxy groups -OCH3 is 1. The number of ether oxygens (including phenoxy) is 2. The Kier molecular flexibility index (Phi) is 11.8. The zero-order valence-electron chi connectivity index (χ0n) is 26.7. The van der Waals surface area contributed by atoms with Crippen LogP contribution in [0.2, 0.25) is 5.02 Å². The molecule has 0 bridgehead atoms. The molecule has 2 aliphatic heterocycles. The number of hydrogen-bond acceptors (Lipinski definition) is 8. The molecule has 0 saturated carbocycles. The summed E-state index contributed by atoms with van der Waals surface area (Å²) >= 11 is 12.3. The summed E-state index contributed by atoms with van der Waals surface area (Å²) < 4.78 is 10.3. The van der Waals surface area contributed by atoms with E-state index in [-0.39, 0.29) is 24.8 Å². The van der Waals surface area contributed by atoms with Crippen molar-refractivity contribution in [2.45, 2.75) is 32.4 Å². The lowest BCUT2D eigenvalue weighted by Gasteiger charge is -2.35. The van der Waals surface area contributed by atoms with E-state index in [1.165, 1.54) is 17.6 Å². The second kappa shape index (κ2) is 16.2. The standard InChI is InChI=1S/C35H40ClN5O5S/c1-3-46-34(44)26-10-12-27(13-11-26)37-32(42)23-30-33(43)41(28-14-15-31(45-2)29(36)22-28)35(47)40(30)17-7-16-38-18-20-39(21-19-38)24-25-8-5-4-6-9-25/h4-6,8-15,22,30H,3,7,16-21,23-24H2,1-2H3,(H,37,42)/t30-/m1/s1. The van der Waals surface area contributed by atoms with Crippen LogP contribution in [0.1, 0.15) is 35.7 Å². The molecule has 2 amide bonds. The minimum Gasteiger partial charge on any atom is -0.495 e. The van der Waals surface area contributed by atoms with Crippen LogP contribution >= 0.6 is 23.8 Å². The van der Waals surface area contributed by atoms with E-state index in [9.17, 15) is 14.4 Å². The lowest BCUT2D eigenvalue weighted by molar-refractivity contribution is -0.124. The van der Waals surface area contributed by atoms with Gasteiger partial charge in [0.25, 0.3) is 5.91 Å². The summed E-state index contributed by atoms with van der Waals surface area (Å²) in [7, 11) is 1.52. The SMILES string of the molecule is CCOC(=O)c1ccc(NC(=O)C[C@@H]2C(=O)N(c3ccc(OC)c(Cl)c3)C(=S)N2CCCN2CCN(Cc3ccccc3)CC2)cc1. The van der Waals surface area contributed by atoms with E-state index in [1.54, 1.807) is 49.4 Å². The highest BCUT2D eigenvalue weighted by Gasteiger charge is 2.44. The fourth-order valence-electron chi connectivity index (χ4n) is 5.89. The van der Waals surface area contributed by atoms with E-state index in [0.29, 0.717) is 39.4 Å². The molecule has 2 fully saturated rings. The van der Waals surface area contributed by atoms with Crippen molar-refractivity contribution in [3.8, 4) is 5.75 Å². The average Bonchev–Trinajstić information content (AvgIpc) is 3.30. The molecule has 0 spiro atoms. The summed E-state index contributed by atoms with van der Waals surface area (Å²) in [4.78, 5) is 47.4. The summed E-state index contributed by atoms with van der Waals surface area (Å²) in [6, 6.07) is 21.2. The Balaban J connectivity index is 1.23. The first kappa shape index (κ1) is 34.3. The summed E-state index contributed by atoms with van der Waals surface area (Å²) in [5.41, 5.74) is 2.73. The van der Waals surface area contributed by atoms with Gasteiger partial charge >= 0.3 is 5.97 Å². The third kappa shape index (κ3) is 8.66. The lowest BCUT2D eigenvalue weighted by Crippen LogP contribution is -2.47. The van der Waals surface area contributed by atoms with Gasteiger partial charge in [-0.3, -0.25) is 19.4 Å². The smallest absolute Gasteiger partial charge is 0.338 e. The van der Waals surface area contributed by atoms with Gasteiger partial charge in [0.05, 0.1) is 36.4 Å². The third-order valence-electron chi connectivity index (χ3n) is 8.36. The second-order valence-electron chi connectivity index (χ2n) is 11.5. The van der Waals surface area contributed by atoms with Crippen LogP contribution in [0.3, 0.4) is 0 Å². The number of carbonyl (C=O) groups is 3. The Hall–Kier alpha value is -4.03. The van der Waals surface area contributed by atoms with E-state index in [1.807, 2.05) is 11.0 Å². The fraction of sp³-hybridized carbons (Fsp3) is 0.371. The number of anilines is 2. The van der Waals surface area contributed by atoms with E-state index in [0.717, 1.165) is 45.7 Å². The van der Waals surface area contributed by atoms with Crippen molar-refractivity contribution in [3.05, 3.63) is 88.9 Å². The molecule has 2 aliphatic rings. The zero-order valence-corrected chi connectivity index (χ0v) is 28.3. The number of esters is 1. The largest absolute Gasteiger partial charge is 0.495 e. The number of benzene rings is 3. The predicted molar refractivity (Wildman–Crippen MR) is 187 cm³/mol. The maximum Gasteiger partial charge on any atom is 0.338 e. The number of thiocarbonyl (C=S) groups is 1. The number of nitrogens with zero attached hydrogens (tertiary/aromatic N) is 4. The molecule has 0 aliphatic carbocycles. The maximum absolute atomic E-state index is 13.9. The van der Waals surface area contributed by atoms with E-state index in [4.69, 9.17) is 33.3 Å². The van der Waals surface area contributed by atoms with Crippen LogP contribution in [0, 0.1) is 0 Å². The number of rotatable bonds is 13. The third-order valence-corrected chi connectivity index (χ3v) is 9.07. The van der Waals surface area contributed by atoms with Crippen molar-refractivity contribution >= 4 is 58.1 Å². The molecule has 1 atom stereocenters. The molecule has 47 heavy (non-hydrogen) atoms. The number of amides is 2.